The number of rotatable bonds is 7. The van der Waals surface area contributed by atoms with Crippen LogP contribution in [0.2, 0.25) is 0 Å². The Morgan fingerprint density at radius 3 is 2.28 bits per heavy atom. The molecule has 5 heteroatoms. The van der Waals surface area contributed by atoms with Crippen molar-refractivity contribution >= 4 is 10.0 Å². The summed E-state index contributed by atoms with van der Waals surface area (Å²) < 4.78 is 25.6. The topological polar surface area (TPSA) is 57.6 Å². The van der Waals surface area contributed by atoms with Gasteiger partial charge in [0.25, 0.3) is 0 Å². The molecule has 4 nitrogen and oxygen atoms in total. The molecule has 1 N–H and O–H groups in total. The summed E-state index contributed by atoms with van der Waals surface area (Å²) in [6, 6.07) is 6.92. The monoisotopic (exact) mass is 269 g/mol. The largest absolute Gasteiger partial charge is 0.392 e. The zero-order valence-electron chi connectivity index (χ0n) is 10.5. The summed E-state index contributed by atoms with van der Waals surface area (Å²) in [5.74, 6) is -0.0274. The number of hydrogen-bond acceptors (Lipinski definition) is 3. The second-order valence-electron chi connectivity index (χ2n) is 3.97. The van der Waals surface area contributed by atoms with Crippen molar-refractivity contribution in [3.63, 3.8) is 0 Å². The molecule has 0 aliphatic heterocycles. The third-order valence-corrected chi connectivity index (χ3v) is 4.53. The van der Waals surface area contributed by atoms with Gasteiger partial charge in [-0.05, 0) is 11.1 Å². The molecule has 0 saturated heterocycles. The van der Waals surface area contributed by atoms with Crippen LogP contribution in [0.4, 0.5) is 0 Å². The second-order valence-corrected chi connectivity index (χ2v) is 5.94. The van der Waals surface area contributed by atoms with E-state index in [0.29, 0.717) is 13.1 Å². The van der Waals surface area contributed by atoms with E-state index in [4.69, 9.17) is 5.11 Å². The number of hydrogen-bond donors (Lipinski definition) is 1. The summed E-state index contributed by atoms with van der Waals surface area (Å²) in [5, 5.41) is 8.92. The van der Waals surface area contributed by atoms with Gasteiger partial charge in [-0.15, -0.1) is 6.58 Å². The molecule has 0 aromatic heterocycles. The second kappa shape index (κ2) is 6.68. The van der Waals surface area contributed by atoms with Gasteiger partial charge in [0.15, 0.2) is 0 Å². The summed E-state index contributed by atoms with van der Waals surface area (Å²) >= 11 is 0. The van der Waals surface area contributed by atoms with Gasteiger partial charge in [-0.1, -0.05) is 37.3 Å². The summed E-state index contributed by atoms with van der Waals surface area (Å²) in [6.07, 6.45) is 1.58. The molecule has 0 amide bonds. The van der Waals surface area contributed by atoms with Crippen LogP contribution in [0.3, 0.4) is 0 Å². The van der Waals surface area contributed by atoms with E-state index >= 15 is 0 Å². The molecule has 0 fully saturated rings. The Balaban J connectivity index is 2.83. The molecule has 0 aliphatic rings. The fourth-order valence-corrected chi connectivity index (χ4v) is 3.15. The number of nitrogens with zero attached hydrogens (tertiary/aromatic N) is 1. The predicted octanol–water partition coefficient (Wildman–Crippen LogP) is 1.52. The van der Waals surface area contributed by atoms with Gasteiger partial charge in [-0.25, -0.2) is 8.42 Å². The van der Waals surface area contributed by atoms with Crippen molar-refractivity contribution in [1.29, 1.82) is 0 Å². The Bertz CT molecular complexity index is 479. The first-order valence-electron chi connectivity index (χ1n) is 5.81. The average molecular weight is 269 g/mol. The van der Waals surface area contributed by atoms with Crippen LogP contribution in [0, 0.1) is 0 Å². The number of aliphatic hydroxyl groups excluding tert-OH is 1. The Morgan fingerprint density at radius 2 is 1.83 bits per heavy atom. The molecule has 0 heterocycles. The summed E-state index contributed by atoms with van der Waals surface area (Å²) in [4.78, 5) is 0. The Morgan fingerprint density at radius 1 is 1.28 bits per heavy atom. The van der Waals surface area contributed by atoms with Crippen LogP contribution in [-0.4, -0.2) is 30.9 Å². The van der Waals surface area contributed by atoms with Crippen molar-refractivity contribution in [2.45, 2.75) is 19.3 Å². The highest BCUT2D eigenvalue weighted by molar-refractivity contribution is 7.88. The minimum atomic E-state index is -3.31. The first kappa shape index (κ1) is 14.9. The van der Waals surface area contributed by atoms with Crippen molar-refractivity contribution < 1.29 is 13.5 Å². The number of aliphatic hydroxyl groups is 1. The highest BCUT2D eigenvalue weighted by Crippen LogP contribution is 2.12. The first-order chi connectivity index (χ1) is 8.53. The van der Waals surface area contributed by atoms with E-state index in [1.807, 2.05) is 0 Å². The zero-order chi connectivity index (χ0) is 13.6. The summed E-state index contributed by atoms with van der Waals surface area (Å²) in [7, 11) is -3.31. The Hall–Kier alpha value is -1.17. The smallest absolute Gasteiger partial charge is 0.218 e. The van der Waals surface area contributed by atoms with Crippen LogP contribution in [-0.2, 0) is 22.4 Å². The molecule has 0 saturated carbocycles. The number of benzene rings is 1. The standard InChI is InChI=1S/C13H19NO3S/c1-3-9-14(4-2)18(16,17)11-13-7-5-12(10-15)6-8-13/h3,5-8,15H,1,4,9-11H2,2H3. The van der Waals surface area contributed by atoms with Crippen molar-refractivity contribution in [1.82, 2.24) is 4.31 Å². The van der Waals surface area contributed by atoms with Crippen LogP contribution < -0.4 is 0 Å². The van der Waals surface area contributed by atoms with Crippen molar-refractivity contribution in [3.05, 3.63) is 48.0 Å². The van der Waals surface area contributed by atoms with Gasteiger partial charge < -0.3 is 5.11 Å². The predicted molar refractivity (Wildman–Crippen MR) is 72.4 cm³/mol. The van der Waals surface area contributed by atoms with Crippen molar-refractivity contribution in [3.8, 4) is 0 Å². The molecule has 0 aliphatic carbocycles. The van der Waals surface area contributed by atoms with E-state index < -0.39 is 10.0 Å². The van der Waals surface area contributed by atoms with Gasteiger partial charge >= 0.3 is 0 Å². The molecule has 0 unspecified atom stereocenters. The third kappa shape index (κ3) is 3.94. The lowest BCUT2D eigenvalue weighted by atomic mass is 10.2. The quantitative estimate of drug-likeness (QED) is 0.763. The molecular formula is C13H19NO3S. The molecule has 1 rings (SSSR count). The van der Waals surface area contributed by atoms with Gasteiger partial charge in [0.2, 0.25) is 10.0 Å². The normalized spacial score (nSPS) is 11.7. The van der Waals surface area contributed by atoms with Crippen LogP contribution in [0.15, 0.2) is 36.9 Å². The molecule has 18 heavy (non-hydrogen) atoms. The fourth-order valence-electron chi connectivity index (χ4n) is 1.63. The van der Waals surface area contributed by atoms with Gasteiger partial charge in [0, 0.05) is 13.1 Å². The summed E-state index contributed by atoms with van der Waals surface area (Å²) in [6.45, 7) is 6.08. The maximum Gasteiger partial charge on any atom is 0.218 e. The first-order valence-corrected chi connectivity index (χ1v) is 7.41. The molecule has 0 bridgehead atoms. The number of likely N-dealkylation sites (N-methyl/N-ethyl adjacent to an activating group) is 1. The van der Waals surface area contributed by atoms with E-state index in [9.17, 15) is 8.42 Å². The molecule has 100 valence electrons. The van der Waals surface area contributed by atoms with Crippen LogP contribution in [0.1, 0.15) is 18.1 Å². The molecular weight excluding hydrogens is 250 g/mol. The van der Waals surface area contributed by atoms with Crippen LogP contribution >= 0.6 is 0 Å². The minimum absolute atomic E-state index is 0.0274. The fraction of sp³-hybridized carbons (Fsp3) is 0.385. The minimum Gasteiger partial charge on any atom is -0.392 e. The molecule has 1 aromatic carbocycles. The lowest BCUT2D eigenvalue weighted by Gasteiger charge is -2.18. The van der Waals surface area contributed by atoms with Gasteiger partial charge in [0.05, 0.1) is 12.4 Å². The van der Waals surface area contributed by atoms with E-state index in [2.05, 4.69) is 6.58 Å². The van der Waals surface area contributed by atoms with Gasteiger partial charge in [-0.2, -0.15) is 4.31 Å². The lowest BCUT2D eigenvalue weighted by molar-refractivity contribution is 0.282. The molecule has 0 radical (unpaired) electrons. The van der Waals surface area contributed by atoms with E-state index in [1.54, 1.807) is 37.3 Å². The third-order valence-electron chi connectivity index (χ3n) is 2.63. The highest BCUT2D eigenvalue weighted by Gasteiger charge is 2.19. The van der Waals surface area contributed by atoms with E-state index in [0.717, 1.165) is 11.1 Å². The molecule has 0 spiro atoms. The van der Waals surface area contributed by atoms with Gasteiger partial charge in [-0.3, -0.25) is 0 Å². The van der Waals surface area contributed by atoms with Crippen LogP contribution in [0.5, 0.6) is 0 Å². The molecule has 1 aromatic rings. The van der Waals surface area contributed by atoms with E-state index in [-0.39, 0.29) is 12.4 Å². The van der Waals surface area contributed by atoms with Crippen molar-refractivity contribution in [2.75, 3.05) is 13.1 Å². The van der Waals surface area contributed by atoms with E-state index in [1.165, 1.54) is 4.31 Å². The SMILES string of the molecule is C=CCN(CC)S(=O)(=O)Cc1ccc(CO)cc1. The maximum atomic E-state index is 12.1. The van der Waals surface area contributed by atoms with Crippen LogP contribution in [0.25, 0.3) is 0 Å². The average Bonchev–Trinajstić information content (AvgIpc) is 2.36. The van der Waals surface area contributed by atoms with Gasteiger partial charge in [0.1, 0.15) is 0 Å². The maximum absolute atomic E-state index is 12.1. The molecule has 0 atom stereocenters. The highest BCUT2D eigenvalue weighted by atomic mass is 32.2. The zero-order valence-corrected chi connectivity index (χ0v) is 11.4. The van der Waals surface area contributed by atoms with Crippen molar-refractivity contribution in [2.24, 2.45) is 0 Å². The lowest BCUT2D eigenvalue weighted by Crippen LogP contribution is -2.32. The Kier molecular flexibility index (Phi) is 5.53. The Labute approximate surface area is 109 Å². The summed E-state index contributed by atoms with van der Waals surface area (Å²) in [5.41, 5.74) is 1.49. The number of sulfonamides is 1.